The van der Waals surface area contributed by atoms with Crippen LogP contribution in [0.25, 0.3) is 11.0 Å². The summed E-state index contributed by atoms with van der Waals surface area (Å²) in [4.78, 5) is 23.6. The molecule has 1 aliphatic heterocycles. The van der Waals surface area contributed by atoms with E-state index in [1.807, 2.05) is 35.4 Å². The van der Waals surface area contributed by atoms with Gasteiger partial charge in [0.1, 0.15) is 0 Å². The minimum atomic E-state index is -0.510. The lowest BCUT2D eigenvalue weighted by Crippen LogP contribution is -2.44. The van der Waals surface area contributed by atoms with Crippen molar-refractivity contribution >= 4 is 16.9 Å². The van der Waals surface area contributed by atoms with Crippen LogP contribution in [-0.4, -0.2) is 56.9 Å². The third kappa shape index (κ3) is 2.74. The SMILES string of the molecule is O=C(C(c1ccc2nccnc2c1)n1cccn1)N1CCOCC1. The second-order valence-corrected chi connectivity index (χ2v) is 5.63. The molecule has 3 aromatic rings. The van der Waals surface area contributed by atoms with Gasteiger partial charge in [-0.25, -0.2) is 0 Å². The summed E-state index contributed by atoms with van der Waals surface area (Å²) < 4.78 is 7.04. The van der Waals surface area contributed by atoms with E-state index in [0.29, 0.717) is 26.3 Å². The number of rotatable bonds is 3. The zero-order valence-corrected chi connectivity index (χ0v) is 13.1. The summed E-state index contributed by atoms with van der Waals surface area (Å²) in [7, 11) is 0. The summed E-state index contributed by atoms with van der Waals surface area (Å²) in [6.45, 7) is 2.34. The molecule has 0 bridgehead atoms. The van der Waals surface area contributed by atoms with E-state index in [2.05, 4.69) is 15.1 Å². The molecule has 2 aromatic heterocycles. The summed E-state index contributed by atoms with van der Waals surface area (Å²) in [6.07, 6.45) is 6.80. The zero-order valence-electron chi connectivity index (χ0n) is 13.1. The molecule has 1 unspecified atom stereocenters. The highest BCUT2D eigenvalue weighted by atomic mass is 16.5. The van der Waals surface area contributed by atoms with Crippen molar-refractivity contribution < 1.29 is 9.53 Å². The molecule has 0 aliphatic carbocycles. The van der Waals surface area contributed by atoms with Gasteiger partial charge in [-0.15, -0.1) is 0 Å². The molecule has 122 valence electrons. The fourth-order valence-corrected chi connectivity index (χ4v) is 2.95. The maximum atomic E-state index is 13.1. The van der Waals surface area contributed by atoms with E-state index >= 15 is 0 Å². The van der Waals surface area contributed by atoms with Crippen LogP contribution in [-0.2, 0) is 9.53 Å². The van der Waals surface area contributed by atoms with E-state index in [9.17, 15) is 4.79 Å². The summed E-state index contributed by atoms with van der Waals surface area (Å²) in [5.74, 6) is 0.0187. The number of hydrogen-bond acceptors (Lipinski definition) is 5. The van der Waals surface area contributed by atoms with Crippen LogP contribution < -0.4 is 0 Å². The second kappa shape index (κ2) is 6.37. The van der Waals surface area contributed by atoms with Crippen LogP contribution in [0, 0.1) is 0 Å². The molecule has 3 heterocycles. The number of nitrogens with zero attached hydrogens (tertiary/aromatic N) is 5. The first-order valence-corrected chi connectivity index (χ1v) is 7.89. The minimum absolute atomic E-state index is 0.0187. The predicted octanol–water partition coefficient (Wildman–Crippen LogP) is 1.27. The third-order valence-electron chi connectivity index (χ3n) is 4.16. The lowest BCUT2D eigenvalue weighted by Gasteiger charge is -2.30. The van der Waals surface area contributed by atoms with Crippen molar-refractivity contribution in [3.05, 3.63) is 54.6 Å². The van der Waals surface area contributed by atoms with Crippen LogP contribution in [0.1, 0.15) is 11.6 Å². The van der Waals surface area contributed by atoms with Gasteiger partial charge in [0.05, 0.1) is 24.2 Å². The maximum absolute atomic E-state index is 13.1. The number of hydrogen-bond donors (Lipinski definition) is 0. The van der Waals surface area contributed by atoms with Gasteiger partial charge >= 0.3 is 0 Å². The Hall–Kier alpha value is -2.80. The molecule has 1 aliphatic rings. The topological polar surface area (TPSA) is 73.1 Å². The van der Waals surface area contributed by atoms with Crippen LogP contribution in [0.15, 0.2) is 49.1 Å². The molecule has 4 rings (SSSR count). The molecular weight excluding hydrogens is 306 g/mol. The molecule has 0 N–H and O–H groups in total. The lowest BCUT2D eigenvalue weighted by molar-refractivity contribution is -0.137. The second-order valence-electron chi connectivity index (χ2n) is 5.63. The largest absolute Gasteiger partial charge is 0.378 e. The Bertz CT molecular complexity index is 843. The van der Waals surface area contributed by atoms with Gasteiger partial charge in [0.2, 0.25) is 0 Å². The third-order valence-corrected chi connectivity index (χ3v) is 4.16. The van der Waals surface area contributed by atoms with E-state index in [1.54, 1.807) is 23.3 Å². The highest BCUT2D eigenvalue weighted by molar-refractivity contribution is 5.85. The Morgan fingerprint density at radius 3 is 2.62 bits per heavy atom. The van der Waals surface area contributed by atoms with Gasteiger partial charge in [0, 0.05) is 37.9 Å². The zero-order chi connectivity index (χ0) is 16.4. The Morgan fingerprint density at radius 1 is 1.08 bits per heavy atom. The molecule has 1 atom stereocenters. The molecule has 0 radical (unpaired) electrons. The van der Waals surface area contributed by atoms with Crippen molar-refractivity contribution in [3.8, 4) is 0 Å². The monoisotopic (exact) mass is 323 g/mol. The summed E-state index contributed by atoms with van der Waals surface area (Å²) in [6, 6.07) is 7.03. The number of aromatic nitrogens is 4. The van der Waals surface area contributed by atoms with Gasteiger partial charge in [-0.2, -0.15) is 5.10 Å². The molecule has 1 saturated heterocycles. The Morgan fingerprint density at radius 2 is 1.88 bits per heavy atom. The first-order valence-electron chi connectivity index (χ1n) is 7.89. The molecule has 1 aromatic carbocycles. The number of morpholine rings is 1. The number of benzene rings is 1. The molecule has 0 saturated carbocycles. The van der Waals surface area contributed by atoms with Gasteiger partial charge in [-0.1, -0.05) is 6.07 Å². The van der Waals surface area contributed by atoms with E-state index in [0.717, 1.165) is 16.6 Å². The van der Waals surface area contributed by atoms with Gasteiger partial charge in [-0.05, 0) is 23.8 Å². The number of carbonyl (C=O) groups is 1. The van der Waals surface area contributed by atoms with Gasteiger partial charge in [-0.3, -0.25) is 19.4 Å². The van der Waals surface area contributed by atoms with Crippen molar-refractivity contribution in [2.45, 2.75) is 6.04 Å². The van der Waals surface area contributed by atoms with Gasteiger partial charge in [0.15, 0.2) is 6.04 Å². The predicted molar refractivity (Wildman–Crippen MR) is 87.3 cm³/mol. The standard InChI is InChI=1S/C17H17N5O2/c23-17(21-8-10-24-11-9-21)16(22-7-1-4-20-22)13-2-3-14-15(12-13)19-6-5-18-14/h1-7,12,16H,8-11H2. The van der Waals surface area contributed by atoms with E-state index in [-0.39, 0.29) is 5.91 Å². The van der Waals surface area contributed by atoms with Crippen molar-refractivity contribution in [1.29, 1.82) is 0 Å². The van der Waals surface area contributed by atoms with E-state index < -0.39 is 6.04 Å². The fraction of sp³-hybridized carbons (Fsp3) is 0.294. The highest BCUT2D eigenvalue weighted by Gasteiger charge is 2.29. The average molecular weight is 323 g/mol. The fourth-order valence-electron chi connectivity index (χ4n) is 2.95. The molecule has 7 nitrogen and oxygen atoms in total. The van der Waals surface area contributed by atoms with E-state index in [1.165, 1.54) is 0 Å². The molecule has 0 spiro atoms. The van der Waals surface area contributed by atoms with Crippen LogP contribution >= 0.6 is 0 Å². The Kier molecular flexibility index (Phi) is 3.92. The van der Waals surface area contributed by atoms with Crippen LogP contribution in [0.4, 0.5) is 0 Å². The minimum Gasteiger partial charge on any atom is -0.378 e. The first kappa shape index (κ1) is 14.8. The summed E-state index contributed by atoms with van der Waals surface area (Å²) >= 11 is 0. The average Bonchev–Trinajstić information content (AvgIpc) is 3.17. The number of carbonyl (C=O) groups excluding carboxylic acids is 1. The highest BCUT2D eigenvalue weighted by Crippen LogP contribution is 2.23. The summed E-state index contributed by atoms with van der Waals surface area (Å²) in [5, 5.41) is 4.29. The first-order chi connectivity index (χ1) is 11.8. The Labute approximate surface area is 138 Å². The smallest absolute Gasteiger partial charge is 0.252 e. The van der Waals surface area contributed by atoms with Crippen LogP contribution in [0.5, 0.6) is 0 Å². The molecule has 7 heteroatoms. The maximum Gasteiger partial charge on any atom is 0.252 e. The molecular formula is C17H17N5O2. The van der Waals surface area contributed by atoms with Gasteiger partial charge in [0.25, 0.3) is 5.91 Å². The lowest BCUT2D eigenvalue weighted by atomic mass is 10.0. The van der Waals surface area contributed by atoms with Crippen molar-refractivity contribution in [2.75, 3.05) is 26.3 Å². The van der Waals surface area contributed by atoms with Crippen molar-refractivity contribution in [1.82, 2.24) is 24.6 Å². The number of fused-ring (bicyclic) bond motifs is 1. The number of ether oxygens (including phenoxy) is 1. The van der Waals surface area contributed by atoms with E-state index in [4.69, 9.17) is 4.74 Å². The van der Waals surface area contributed by atoms with Crippen LogP contribution in [0.3, 0.4) is 0 Å². The molecule has 1 amide bonds. The quantitative estimate of drug-likeness (QED) is 0.726. The van der Waals surface area contributed by atoms with Crippen molar-refractivity contribution in [2.24, 2.45) is 0 Å². The Balaban J connectivity index is 1.75. The normalized spacial score (nSPS) is 16.2. The van der Waals surface area contributed by atoms with Crippen molar-refractivity contribution in [3.63, 3.8) is 0 Å². The van der Waals surface area contributed by atoms with Crippen LogP contribution in [0.2, 0.25) is 0 Å². The molecule has 1 fully saturated rings. The van der Waals surface area contributed by atoms with Gasteiger partial charge < -0.3 is 9.64 Å². The number of amides is 1. The molecule has 24 heavy (non-hydrogen) atoms. The summed E-state index contributed by atoms with van der Waals surface area (Å²) in [5.41, 5.74) is 2.42.